The number of likely N-dealkylation sites (N-methyl/N-ethyl adjacent to an activating group) is 1. The van der Waals surface area contributed by atoms with Crippen LogP contribution in [0.25, 0.3) is 0 Å². The molecule has 2 unspecified atom stereocenters. The van der Waals surface area contributed by atoms with E-state index in [1.807, 2.05) is 6.07 Å². The van der Waals surface area contributed by atoms with E-state index in [1.54, 1.807) is 6.20 Å². The van der Waals surface area contributed by atoms with Gasteiger partial charge in [-0.15, -0.1) is 0 Å². The largest absolute Gasteiger partial charge is 0.383 e. The van der Waals surface area contributed by atoms with Crippen molar-refractivity contribution in [1.82, 2.24) is 10.3 Å². The van der Waals surface area contributed by atoms with Crippen LogP contribution in [0.1, 0.15) is 35.4 Å². The molecule has 0 fully saturated rings. The molecular weight excluding hydrogens is 258 g/mol. The van der Waals surface area contributed by atoms with Gasteiger partial charge in [-0.1, -0.05) is 30.3 Å². The quantitative estimate of drug-likeness (QED) is 0.906. The van der Waals surface area contributed by atoms with Crippen molar-refractivity contribution in [2.45, 2.75) is 37.6 Å². The Morgan fingerprint density at radius 1 is 1.29 bits per heavy atom. The van der Waals surface area contributed by atoms with Crippen molar-refractivity contribution >= 4 is 5.82 Å². The maximum Gasteiger partial charge on any atom is 0.126 e. The monoisotopic (exact) mass is 281 g/mol. The molecule has 1 aliphatic rings. The van der Waals surface area contributed by atoms with Gasteiger partial charge in [-0.05, 0) is 61.4 Å². The fraction of sp³-hybridized carbons (Fsp3) is 0.389. The van der Waals surface area contributed by atoms with Gasteiger partial charge in [-0.2, -0.15) is 0 Å². The first-order valence-corrected chi connectivity index (χ1v) is 7.74. The lowest BCUT2D eigenvalue weighted by molar-refractivity contribution is 0.411. The number of aryl methyl sites for hydroxylation is 1. The van der Waals surface area contributed by atoms with E-state index in [0.717, 1.165) is 12.0 Å². The van der Waals surface area contributed by atoms with E-state index in [0.29, 0.717) is 17.8 Å². The van der Waals surface area contributed by atoms with Crippen LogP contribution in [0.2, 0.25) is 0 Å². The van der Waals surface area contributed by atoms with Gasteiger partial charge >= 0.3 is 0 Å². The Labute approximate surface area is 126 Å². The molecule has 0 saturated heterocycles. The zero-order valence-electron chi connectivity index (χ0n) is 12.5. The number of hydrogen-bond donors (Lipinski definition) is 2. The molecule has 0 saturated carbocycles. The molecule has 3 heteroatoms. The molecule has 1 aromatic carbocycles. The maximum atomic E-state index is 6.01. The topological polar surface area (TPSA) is 50.9 Å². The van der Waals surface area contributed by atoms with Crippen LogP contribution in [-0.4, -0.2) is 18.1 Å². The van der Waals surface area contributed by atoms with Crippen molar-refractivity contribution in [2.24, 2.45) is 0 Å². The highest BCUT2D eigenvalue weighted by atomic mass is 14.9. The fourth-order valence-corrected chi connectivity index (χ4v) is 3.52. The number of hydrogen-bond acceptors (Lipinski definition) is 3. The standard InChI is InChI=1S/C18H23N3/c1-20-17(12-14-8-5-11-21-18(14)19)16-10-4-7-13-6-2-3-9-15(13)16/h2-3,5-6,8-9,11,16-17,20H,4,7,10,12H2,1H3,(H2,19,21). The summed E-state index contributed by atoms with van der Waals surface area (Å²) in [6.45, 7) is 0. The number of fused-ring (bicyclic) bond motifs is 1. The van der Waals surface area contributed by atoms with Crippen molar-refractivity contribution in [1.29, 1.82) is 0 Å². The highest BCUT2D eigenvalue weighted by Crippen LogP contribution is 2.35. The average molecular weight is 281 g/mol. The lowest BCUT2D eigenvalue weighted by Gasteiger charge is -2.32. The Kier molecular flexibility index (Phi) is 4.20. The molecule has 0 bridgehead atoms. The van der Waals surface area contributed by atoms with Crippen LogP contribution >= 0.6 is 0 Å². The van der Waals surface area contributed by atoms with Crippen molar-refractivity contribution in [2.75, 3.05) is 12.8 Å². The number of aromatic nitrogens is 1. The molecule has 0 amide bonds. The summed E-state index contributed by atoms with van der Waals surface area (Å²) in [6.07, 6.45) is 6.39. The first kappa shape index (κ1) is 14.1. The molecule has 0 aliphatic heterocycles. The minimum absolute atomic E-state index is 0.401. The van der Waals surface area contributed by atoms with Crippen LogP contribution < -0.4 is 11.1 Å². The van der Waals surface area contributed by atoms with Gasteiger partial charge in [0, 0.05) is 12.2 Å². The Morgan fingerprint density at radius 2 is 2.14 bits per heavy atom. The van der Waals surface area contributed by atoms with Gasteiger partial charge in [-0.3, -0.25) is 0 Å². The van der Waals surface area contributed by atoms with Crippen LogP contribution in [0, 0.1) is 0 Å². The van der Waals surface area contributed by atoms with Crippen molar-refractivity contribution in [3.05, 3.63) is 59.3 Å². The predicted octanol–water partition coefficient (Wildman–Crippen LogP) is 2.91. The fourth-order valence-electron chi connectivity index (χ4n) is 3.52. The van der Waals surface area contributed by atoms with E-state index in [9.17, 15) is 0 Å². The van der Waals surface area contributed by atoms with Gasteiger partial charge in [0.15, 0.2) is 0 Å². The molecule has 21 heavy (non-hydrogen) atoms. The molecule has 1 heterocycles. The molecular formula is C18H23N3. The molecule has 1 aliphatic carbocycles. The van der Waals surface area contributed by atoms with Crippen LogP contribution in [0.5, 0.6) is 0 Å². The third-order valence-electron chi connectivity index (χ3n) is 4.64. The Bertz CT molecular complexity index is 609. The summed E-state index contributed by atoms with van der Waals surface area (Å²) < 4.78 is 0. The zero-order valence-corrected chi connectivity index (χ0v) is 12.5. The molecule has 0 radical (unpaired) electrons. The lowest BCUT2D eigenvalue weighted by Crippen LogP contribution is -2.36. The second-order valence-corrected chi connectivity index (χ2v) is 5.84. The summed E-state index contributed by atoms with van der Waals surface area (Å²) in [4.78, 5) is 4.21. The lowest BCUT2D eigenvalue weighted by atomic mass is 9.77. The van der Waals surface area contributed by atoms with Gasteiger partial charge in [0.05, 0.1) is 0 Å². The molecule has 3 rings (SSSR count). The Hall–Kier alpha value is -1.87. The molecule has 3 N–H and O–H groups in total. The number of benzene rings is 1. The van der Waals surface area contributed by atoms with Gasteiger partial charge in [0.25, 0.3) is 0 Å². The Balaban J connectivity index is 1.86. The normalized spacial score (nSPS) is 19.0. The zero-order chi connectivity index (χ0) is 14.7. The van der Waals surface area contributed by atoms with Crippen molar-refractivity contribution < 1.29 is 0 Å². The SMILES string of the molecule is CNC(Cc1cccnc1N)C1CCCc2ccccc21. The minimum Gasteiger partial charge on any atom is -0.383 e. The second-order valence-electron chi connectivity index (χ2n) is 5.84. The van der Waals surface area contributed by atoms with E-state index in [2.05, 4.69) is 47.7 Å². The highest BCUT2D eigenvalue weighted by molar-refractivity contribution is 5.40. The summed E-state index contributed by atoms with van der Waals surface area (Å²) in [5, 5.41) is 3.51. The first-order valence-electron chi connectivity index (χ1n) is 7.74. The van der Waals surface area contributed by atoms with Crippen LogP contribution in [-0.2, 0) is 12.8 Å². The number of rotatable bonds is 4. The third-order valence-corrected chi connectivity index (χ3v) is 4.64. The van der Waals surface area contributed by atoms with Crippen LogP contribution in [0.4, 0.5) is 5.82 Å². The summed E-state index contributed by atoms with van der Waals surface area (Å²) in [6, 6.07) is 13.3. The van der Waals surface area contributed by atoms with E-state index in [1.165, 1.54) is 30.4 Å². The maximum absolute atomic E-state index is 6.01. The molecule has 2 atom stereocenters. The van der Waals surface area contributed by atoms with Crippen LogP contribution in [0.3, 0.4) is 0 Å². The smallest absolute Gasteiger partial charge is 0.126 e. The van der Waals surface area contributed by atoms with Gasteiger partial charge in [0.2, 0.25) is 0 Å². The second kappa shape index (κ2) is 6.27. The van der Waals surface area contributed by atoms with Crippen molar-refractivity contribution in [3.8, 4) is 0 Å². The number of nitrogens with two attached hydrogens (primary N) is 1. The van der Waals surface area contributed by atoms with Gasteiger partial charge < -0.3 is 11.1 Å². The number of nitrogens with zero attached hydrogens (tertiary/aromatic N) is 1. The molecule has 1 aromatic heterocycles. The molecule has 2 aromatic rings. The highest BCUT2D eigenvalue weighted by Gasteiger charge is 2.27. The predicted molar refractivity (Wildman–Crippen MR) is 87.3 cm³/mol. The number of pyridine rings is 1. The number of anilines is 1. The molecule has 0 spiro atoms. The number of nitrogen functional groups attached to an aromatic ring is 1. The first-order chi connectivity index (χ1) is 10.3. The van der Waals surface area contributed by atoms with Crippen molar-refractivity contribution in [3.63, 3.8) is 0 Å². The third kappa shape index (κ3) is 2.93. The van der Waals surface area contributed by atoms with E-state index in [-0.39, 0.29) is 0 Å². The number of nitrogens with one attached hydrogen (secondary N) is 1. The van der Waals surface area contributed by atoms with E-state index in [4.69, 9.17) is 5.73 Å². The van der Waals surface area contributed by atoms with Crippen LogP contribution in [0.15, 0.2) is 42.6 Å². The van der Waals surface area contributed by atoms with E-state index < -0.39 is 0 Å². The van der Waals surface area contributed by atoms with Gasteiger partial charge in [-0.25, -0.2) is 4.98 Å². The molecule has 3 nitrogen and oxygen atoms in total. The summed E-state index contributed by atoms with van der Waals surface area (Å²) in [5.74, 6) is 1.21. The summed E-state index contributed by atoms with van der Waals surface area (Å²) in [5.41, 5.74) is 10.2. The minimum atomic E-state index is 0.401. The summed E-state index contributed by atoms with van der Waals surface area (Å²) in [7, 11) is 2.05. The van der Waals surface area contributed by atoms with E-state index >= 15 is 0 Å². The average Bonchev–Trinajstić information content (AvgIpc) is 2.54. The van der Waals surface area contributed by atoms with Gasteiger partial charge in [0.1, 0.15) is 5.82 Å². The molecule has 110 valence electrons. The summed E-state index contributed by atoms with van der Waals surface area (Å²) >= 11 is 0. The Morgan fingerprint density at radius 3 is 2.95 bits per heavy atom.